The summed E-state index contributed by atoms with van der Waals surface area (Å²) in [6, 6.07) is 30.5. The second kappa shape index (κ2) is 5.75. The van der Waals surface area contributed by atoms with Crippen LogP contribution in [-0.2, 0) is 0 Å². The van der Waals surface area contributed by atoms with Crippen molar-refractivity contribution < 1.29 is 0 Å². The lowest BCUT2D eigenvalue weighted by Gasteiger charge is -2.18. The zero-order valence-corrected chi connectivity index (χ0v) is 13.9. The molecule has 0 aromatic heterocycles. The summed E-state index contributed by atoms with van der Waals surface area (Å²) in [5, 5.41) is 5.26. The van der Waals surface area contributed by atoms with Gasteiger partial charge in [0.15, 0.2) is 0 Å². The topological polar surface area (TPSA) is 0 Å². The predicted octanol–water partition coefficient (Wildman–Crippen LogP) is 6.73. The van der Waals surface area contributed by atoms with Crippen molar-refractivity contribution in [3.8, 4) is 0 Å². The van der Waals surface area contributed by atoms with Crippen LogP contribution in [0.25, 0.3) is 27.1 Å². The summed E-state index contributed by atoms with van der Waals surface area (Å²) in [4.78, 5) is 0. The lowest BCUT2D eigenvalue weighted by atomic mass is 9.85. The SMILES string of the molecule is C1=CC(c2cccc3ccccc23)C(c2cccc3ccccc23)=C1. The minimum atomic E-state index is 0.303. The number of hydrogen-bond donors (Lipinski definition) is 0. The van der Waals surface area contributed by atoms with E-state index < -0.39 is 0 Å². The number of fused-ring (bicyclic) bond motifs is 2. The lowest BCUT2D eigenvalue weighted by molar-refractivity contribution is 1.14. The smallest absolute Gasteiger partial charge is 0.0284 e. The van der Waals surface area contributed by atoms with Crippen molar-refractivity contribution in [2.45, 2.75) is 5.92 Å². The van der Waals surface area contributed by atoms with Crippen LogP contribution >= 0.6 is 0 Å². The third-order valence-electron chi connectivity index (χ3n) is 5.17. The summed E-state index contributed by atoms with van der Waals surface area (Å²) in [7, 11) is 0. The van der Waals surface area contributed by atoms with Gasteiger partial charge in [-0.3, -0.25) is 0 Å². The van der Waals surface area contributed by atoms with Gasteiger partial charge in [-0.25, -0.2) is 0 Å². The molecule has 0 amide bonds. The molecule has 4 aromatic rings. The first-order valence-electron chi connectivity index (χ1n) is 8.76. The van der Waals surface area contributed by atoms with Crippen LogP contribution in [0, 0.1) is 0 Å². The molecular weight excluding hydrogens is 300 g/mol. The Bertz CT molecular complexity index is 1130. The second-order valence-corrected chi connectivity index (χ2v) is 6.58. The van der Waals surface area contributed by atoms with E-state index in [0.717, 1.165) is 0 Å². The summed E-state index contributed by atoms with van der Waals surface area (Å²) in [5.41, 5.74) is 4.10. The van der Waals surface area contributed by atoms with Crippen LogP contribution in [0.5, 0.6) is 0 Å². The third-order valence-corrected chi connectivity index (χ3v) is 5.17. The van der Waals surface area contributed by atoms with Crippen molar-refractivity contribution in [3.63, 3.8) is 0 Å². The summed E-state index contributed by atoms with van der Waals surface area (Å²) in [6.45, 7) is 0. The quantitative estimate of drug-likeness (QED) is 0.384. The highest BCUT2D eigenvalue weighted by Crippen LogP contribution is 2.41. The standard InChI is InChI=1S/C25H18/c1-3-12-20-18(8-1)10-5-14-22(20)24-16-7-17-25(24)23-15-6-11-19-9-2-4-13-21(19)23/h1-17,24H. The van der Waals surface area contributed by atoms with E-state index in [1.807, 2.05) is 0 Å². The summed E-state index contributed by atoms with van der Waals surface area (Å²) >= 11 is 0. The molecule has 5 rings (SSSR count). The molecule has 0 fully saturated rings. The highest BCUT2D eigenvalue weighted by atomic mass is 14.2. The van der Waals surface area contributed by atoms with Crippen molar-refractivity contribution >= 4 is 27.1 Å². The van der Waals surface area contributed by atoms with Crippen LogP contribution in [-0.4, -0.2) is 0 Å². The van der Waals surface area contributed by atoms with Crippen molar-refractivity contribution in [2.24, 2.45) is 0 Å². The van der Waals surface area contributed by atoms with Crippen LogP contribution in [0.4, 0.5) is 0 Å². The molecule has 0 nitrogen and oxygen atoms in total. The van der Waals surface area contributed by atoms with E-state index in [4.69, 9.17) is 0 Å². The summed E-state index contributed by atoms with van der Waals surface area (Å²) < 4.78 is 0. The molecule has 0 saturated heterocycles. The Morgan fingerprint density at radius 3 is 2.04 bits per heavy atom. The first-order chi connectivity index (χ1) is 12.4. The Kier molecular flexibility index (Phi) is 3.28. The maximum Gasteiger partial charge on any atom is 0.0284 e. The first kappa shape index (κ1) is 14.2. The molecule has 0 aliphatic heterocycles. The molecule has 0 spiro atoms. The van der Waals surface area contributed by atoms with Crippen LogP contribution in [0.3, 0.4) is 0 Å². The van der Waals surface area contributed by atoms with Crippen LogP contribution in [0.15, 0.2) is 103 Å². The Balaban J connectivity index is 1.70. The average molecular weight is 318 g/mol. The molecule has 0 heteroatoms. The number of rotatable bonds is 2. The molecule has 0 bridgehead atoms. The normalized spacial score (nSPS) is 16.5. The van der Waals surface area contributed by atoms with Crippen molar-refractivity contribution in [3.05, 3.63) is 114 Å². The van der Waals surface area contributed by atoms with Gasteiger partial charge in [0.25, 0.3) is 0 Å². The van der Waals surface area contributed by atoms with Gasteiger partial charge in [0.2, 0.25) is 0 Å². The van der Waals surface area contributed by atoms with Gasteiger partial charge in [-0.1, -0.05) is 103 Å². The van der Waals surface area contributed by atoms with Gasteiger partial charge in [-0.15, -0.1) is 0 Å². The fraction of sp³-hybridized carbons (Fsp3) is 0.0400. The zero-order valence-electron chi connectivity index (χ0n) is 13.9. The molecule has 118 valence electrons. The molecule has 1 aliphatic rings. The summed E-state index contributed by atoms with van der Waals surface area (Å²) in [5.74, 6) is 0.303. The molecule has 0 heterocycles. The predicted molar refractivity (Wildman–Crippen MR) is 108 cm³/mol. The number of benzene rings is 4. The van der Waals surface area contributed by atoms with Gasteiger partial charge >= 0.3 is 0 Å². The molecule has 1 unspecified atom stereocenters. The molecule has 0 N–H and O–H groups in total. The monoisotopic (exact) mass is 318 g/mol. The lowest BCUT2D eigenvalue weighted by Crippen LogP contribution is -1.98. The molecule has 1 atom stereocenters. The van der Waals surface area contributed by atoms with E-state index in [1.54, 1.807) is 0 Å². The van der Waals surface area contributed by atoms with Gasteiger partial charge in [0.05, 0.1) is 0 Å². The van der Waals surface area contributed by atoms with Gasteiger partial charge in [0.1, 0.15) is 0 Å². The second-order valence-electron chi connectivity index (χ2n) is 6.58. The molecule has 4 aromatic carbocycles. The molecule has 0 saturated carbocycles. The molecule has 25 heavy (non-hydrogen) atoms. The van der Waals surface area contributed by atoms with Crippen LogP contribution < -0.4 is 0 Å². The summed E-state index contributed by atoms with van der Waals surface area (Å²) in [6.07, 6.45) is 6.79. The molecule has 1 aliphatic carbocycles. The van der Waals surface area contributed by atoms with E-state index in [-0.39, 0.29) is 0 Å². The van der Waals surface area contributed by atoms with E-state index >= 15 is 0 Å². The fourth-order valence-electron chi connectivity index (χ4n) is 4.00. The fourth-order valence-corrected chi connectivity index (χ4v) is 4.00. The average Bonchev–Trinajstić information content (AvgIpc) is 3.16. The van der Waals surface area contributed by atoms with Gasteiger partial charge in [0, 0.05) is 5.92 Å². The number of hydrogen-bond acceptors (Lipinski definition) is 0. The van der Waals surface area contributed by atoms with E-state index in [1.165, 1.54) is 38.2 Å². The largest absolute Gasteiger partial charge is 0.0726 e. The Morgan fingerprint density at radius 1 is 0.560 bits per heavy atom. The minimum Gasteiger partial charge on any atom is -0.0726 e. The maximum absolute atomic E-state index is 2.32. The Morgan fingerprint density at radius 2 is 1.20 bits per heavy atom. The zero-order chi connectivity index (χ0) is 16.6. The van der Waals surface area contributed by atoms with Gasteiger partial charge in [-0.2, -0.15) is 0 Å². The van der Waals surface area contributed by atoms with Crippen molar-refractivity contribution in [2.75, 3.05) is 0 Å². The third kappa shape index (κ3) is 2.30. The Hall–Kier alpha value is -3.12. The van der Waals surface area contributed by atoms with Crippen molar-refractivity contribution in [1.29, 1.82) is 0 Å². The van der Waals surface area contributed by atoms with Crippen LogP contribution in [0.1, 0.15) is 17.0 Å². The maximum atomic E-state index is 2.32. The first-order valence-corrected chi connectivity index (χ1v) is 8.76. The van der Waals surface area contributed by atoms with E-state index in [0.29, 0.717) is 5.92 Å². The Labute approximate surface area is 147 Å². The minimum absolute atomic E-state index is 0.303. The highest BCUT2D eigenvalue weighted by Gasteiger charge is 2.21. The van der Waals surface area contributed by atoms with Crippen LogP contribution in [0.2, 0.25) is 0 Å². The van der Waals surface area contributed by atoms with Gasteiger partial charge < -0.3 is 0 Å². The van der Waals surface area contributed by atoms with Gasteiger partial charge in [-0.05, 0) is 38.2 Å². The van der Waals surface area contributed by atoms with Crippen molar-refractivity contribution in [1.82, 2.24) is 0 Å². The number of allylic oxidation sites excluding steroid dienone is 4. The molecular formula is C25H18. The van der Waals surface area contributed by atoms with E-state index in [9.17, 15) is 0 Å². The molecule has 0 radical (unpaired) electrons. The van der Waals surface area contributed by atoms with E-state index in [2.05, 4.69) is 103 Å². The highest BCUT2D eigenvalue weighted by molar-refractivity contribution is 5.98.